The number of nitrogens with one attached hydrogen (secondary N) is 1. The van der Waals surface area contributed by atoms with Gasteiger partial charge in [-0.05, 0) is 19.1 Å². The lowest BCUT2D eigenvalue weighted by Crippen LogP contribution is -2.15. The Hall–Kier alpha value is -2.02. The molecule has 0 saturated carbocycles. The highest BCUT2D eigenvalue weighted by Gasteiger charge is 2.08. The van der Waals surface area contributed by atoms with Gasteiger partial charge >= 0.3 is 5.97 Å². The fraction of sp³-hybridized carbons (Fsp3) is 0.333. The summed E-state index contributed by atoms with van der Waals surface area (Å²) in [6, 6.07) is 3.57. The van der Waals surface area contributed by atoms with Crippen molar-refractivity contribution < 1.29 is 9.53 Å². The van der Waals surface area contributed by atoms with Crippen LogP contribution in [0.5, 0.6) is 0 Å². The first-order valence-corrected chi connectivity index (χ1v) is 4.91. The Labute approximate surface area is 95.0 Å². The van der Waals surface area contributed by atoms with Crippen molar-refractivity contribution in [1.82, 2.24) is 4.98 Å². The Morgan fingerprint density at radius 3 is 3.12 bits per heavy atom. The highest BCUT2D eigenvalue weighted by atomic mass is 16.5. The van der Waals surface area contributed by atoms with Crippen LogP contribution in [0.15, 0.2) is 18.3 Å². The van der Waals surface area contributed by atoms with E-state index in [4.69, 9.17) is 6.42 Å². The molecule has 1 aromatic heterocycles. The number of carbonyl (C=O) groups is 1. The van der Waals surface area contributed by atoms with Gasteiger partial charge in [-0.3, -0.25) is 0 Å². The minimum Gasteiger partial charge on any atom is -0.464 e. The zero-order valence-corrected chi connectivity index (χ0v) is 9.36. The Kier molecular flexibility index (Phi) is 4.34. The number of pyridine rings is 1. The zero-order chi connectivity index (χ0) is 12.0. The van der Waals surface area contributed by atoms with Crippen molar-refractivity contribution in [3.05, 3.63) is 24.0 Å². The van der Waals surface area contributed by atoms with Crippen molar-refractivity contribution in [1.29, 1.82) is 0 Å². The van der Waals surface area contributed by atoms with Gasteiger partial charge in [0.05, 0.1) is 7.11 Å². The number of anilines is 1. The SMILES string of the molecule is C#CCC(C)Nc1ccnc(C(=O)OC)c1. The van der Waals surface area contributed by atoms with E-state index in [0.29, 0.717) is 6.42 Å². The first-order chi connectivity index (χ1) is 7.67. The molecule has 0 aromatic carbocycles. The van der Waals surface area contributed by atoms with Crippen molar-refractivity contribution in [2.24, 2.45) is 0 Å². The van der Waals surface area contributed by atoms with Gasteiger partial charge in [-0.1, -0.05) is 0 Å². The summed E-state index contributed by atoms with van der Waals surface area (Å²) in [6.45, 7) is 1.97. The zero-order valence-electron chi connectivity index (χ0n) is 9.36. The van der Waals surface area contributed by atoms with Crippen LogP contribution < -0.4 is 5.32 Å². The van der Waals surface area contributed by atoms with Crippen molar-refractivity contribution in [2.75, 3.05) is 12.4 Å². The first-order valence-electron chi connectivity index (χ1n) is 4.91. The fourth-order valence-corrected chi connectivity index (χ4v) is 1.25. The standard InChI is InChI=1S/C12H14N2O2/c1-4-5-9(2)14-10-6-7-13-11(8-10)12(15)16-3/h1,6-9H,5H2,2-3H3,(H,13,14). The molecule has 1 rings (SSSR count). The quantitative estimate of drug-likeness (QED) is 0.617. The summed E-state index contributed by atoms with van der Waals surface area (Å²) in [4.78, 5) is 15.1. The highest BCUT2D eigenvalue weighted by molar-refractivity contribution is 5.88. The maximum Gasteiger partial charge on any atom is 0.356 e. The average Bonchev–Trinajstić information content (AvgIpc) is 2.28. The molecule has 0 aliphatic heterocycles. The van der Waals surface area contributed by atoms with E-state index >= 15 is 0 Å². The molecule has 84 valence electrons. The fourth-order valence-electron chi connectivity index (χ4n) is 1.25. The second-order valence-corrected chi connectivity index (χ2v) is 3.37. The molecule has 0 spiro atoms. The lowest BCUT2D eigenvalue weighted by Gasteiger charge is -2.12. The third-order valence-electron chi connectivity index (χ3n) is 1.99. The van der Waals surface area contributed by atoms with E-state index in [-0.39, 0.29) is 11.7 Å². The Balaban J connectivity index is 2.75. The van der Waals surface area contributed by atoms with Crippen LogP contribution in [-0.2, 0) is 4.74 Å². The molecule has 0 bridgehead atoms. The van der Waals surface area contributed by atoms with Crippen LogP contribution in [0.1, 0.15) is 23.8 Å². The second-order valence-electron chi connectivity index (χ2n) is 3.37. The molecular formula is C12H14N2O2. The number of nitrogens with zero attached hydrogens (tertiary/aromatic N) is 1. The molecule has 1 heterocycles. The highest BCUT2D eigenvalue weighted by Crippen LogP contribution is 2.11. The number of terminal acetylenes is 1. The van der Waals surface area contributed by atoms with Gasteiger partial charge < -0.3 is 10.1 Å². The maximum absolute atomic E-state index is 11.2. The number of carbonyl (C=O) groups excluding carboxylic acids is 1. The van der Waals surface area contributed by atoms with E-state index in [9.17, 15) is 4.79 Å². The van der Waals surface area contributed by atoms with E-state index < -0.39 is 5.97 Å². The van der Waals surface area contributed by atoms with E-state index in [1.807, 2.05) is 6.92 Å². The number of hydrogen-bond acceptors (Lipinski definition) is 4. The Bertz CT molecular complexity index is 410. The summed E-state index contributed by atoms with van der Waals surface area (Å²) in [7, 11) is 1.32. The van der Waals surface area contributed by atoms with Crippen molar-refractivity contribution >= 4 is 11.7 Å². The topological polar surface area (TPSA) is 51.2 Å². The summed E-state index contributed by atoms with van der Waals surface area (Å²) in [6.07, 6.45) is 7.38. The van der Waals surface area contributed by atoms with E-state index in [1.165, 1.54) is 7.11 Å². The summed E-state index contributed by atoms with van der Waals surface area (Å²) in [5.41, 5.74) is 1.08. The van der Waals surface area contributed by atoms with Gasteiger partial charge in [0.2, 0.25) is 0 Å². The molecule has 4 nitrogen and oxygen atoms in total. The number of aromatic nitrogens is 1. The smallest absolute Gasteiger partial charge is 0.356 e. The molecule has 0 saturated heterocycles. The molecular weight excluding hydrogens is 204 g/mol. The molecule has 0 aliphatic carbocycles. The lowest BCUT2D eigenvalue weighted by molar-refractivity contribution is 0.0594. The van der Waals surface area contributed by atoms with Crippen LogP contribution in [0.4, 0.5) is 5.69 Å². The minimum absolute atomic E-state index is 0.151. The van der Waals surface area contributed by atoms with Crippen molar-refractivity contribution in [3.63, 3.8) is 0 Å². The van der Waals surface area contributed by atoms with Gasteiger partial charge in [0.15, 0.2) is 0 Å². The van der Waals surface area contributed by atoms with Gasteiger partial charge in [-0.2, -0.15) is 0 Å². The normalized spacial score (nSPS) is 11.3. The van der Waals surface area contributed by atoms with Gasteiger partial charge in [-0.25, -0.2) is 9.78 Å². The Morgan fingerprint density at radius 1 is 1.75 bits per heavy atom. The van der Waals surface area contributed by atoms with Crippen molar-refractivity contribution in [2.45, 2.75) is 19.4 Å². The molecule has 4 heteroatoms. The molecule has 0 amide bonds. The molecule has 1 N–H and O–H groups in total. The molecule has 16 heavy (non-hydrogen) atoms. The molecule has 1 atom stereocenters. The first kappa shape index (κ1) is 12.1. The van der Waals surface area contributed by atoms with Gasteiger partial charge in [0, 0.05) is 24.3 Å². The Morgan fingerprint density at radius 2 is 2.50 bits per heavy atom. The van der Waals surface area contributed by atoms with Gasteiger partial charge in [0.1, 0.15) is 5.69 Å². The van der Waals surface area contributed by atoms with E-state index in [1.54, 1.807) is 18.3 Å². The van der Waals surface area contributed by atoms with Crippen LogP contribution in [0, 0.1) is 12.3 Å². The minimum atomic E-state index is -0.451. The predicted octanol–water partition coefficient (Wildman–Crippen LogP) is 1.69. The third kappa shape index (κ3) is 3.28. The number of hydrogen-bond donors (Lipinski definition) is 1. The molecule has 1 unspecified atom stereocenters. The predicted molar refractivity (Wildman–Crippen MR) is 62.1 cm³/mol. The molecule has 0 aliphatic rings. The summed E-state index contributed by atoms with van der Waals surface area (Å²) >= 11 is 0. The van der Waals surface area contributed by atoms with Gasteiger partial charge in [0.25, 0.3) is 0 Å². The number of rotatable bonds is 4. The van der Waals surface area contributed by atoms with E-state index in [2.05, 4.69) is 21.0 Å². The van der Waals surface area contributed by atoms with E-state index in [0.717, 1.165) is 5.69 Å². The van der Waals surface area contributed by atoms with Crippen LogP contribution in [-0.4, -0.2) is 24.1 Å². The van der Waals surface area contributed by atoms with Crippen LogP contribution >= 0.6 is 0 Å². The second kappa shape index (κ2) is 5.76. The van der Waals surface area contributed by atoms with Crippen LogP contribution in [0.3, 0.4) is 0 Å². The molecule has 1 aromatic rings. The molecule has 0 fully saturated rings. The maximum atomic E-state index is 11.2. The lowest BCUT2D eigenvalue weighted by atomic mass is 10.2. The van der Waals surface area contributed by atoms with Gasteiger partial charge in [-0.15, -0.1) is 12.3 Å². The monoisotopic (exact) mass is 218 g/mol. The number of methoxy groups -OCH3 is 1. The van der Waals surface area contributed by atoms with Crippen LogP contribution in [0.2, 0.25) is 0 Å². The summed E-state index contributed by atoms with van der Waals surface area (Å²) < 4.78 is 4.58. The van der Waals surface area contributed by atoms with Crippen molar-refractivity contribution in [3.8, 4) is 12.3 Å². The molecule has 0 radical (unpaired) electrons. The number of esters is 1. The summed E-state index contributed by atoms with van der Waals surface area (Å²) in [5.74, 6) is 2.12. The average molecular weight is 218 g/mol. The third-order valence-corrected chi connectivity index (χ3v) is 1.99. The summed E-state index contributed by atoms with van der Waals surface area (Å²) in [5, 5.41) is 3.17. The van der Waals surface area contributed by atoms with Crippen LogP contribution in [0.25, 0.3) is 0 Å². The number of ether oxygens (including phenoxy) is 1. The largest absolute Gasteiger partial charge is 0.464 e.